The van der Waals surface area contributed by atoms with Crippen molar-refractivity contribution in [2.45, 2.75) is 13.8 Å². The van der Waals surface area contributed by atoms with Crippen LogP contribution in [0.1, 0.15) is 21.5 Å². The second-order valence-corrected chi connectivity index (χ2v) is 9.11. The molecule has 1 heterocycles. The Hall–Kier alpha value is -2.93. The number of nitrogens with zero attached hydrogens (tertiary/aromatic N) is 3. The van der Waals surface area contributed by atoms with E-state index in [1.807, 2.05) is 62.6 Å². The highest BCUT2D eigenvalue weighted by Crippen LogP contribution is 2.32. The van der Waals surface area contributed by atoms with E-state index >= 15 is 0 Å². The smallest absolute Gasteiger partial charge is 0.260 e. The standard InChI is InChI=1S/C26H27N3O2S.ClH/c1-18-15-23-24(16-19(18)2)32-26(27-23)29(14-13-28(3)4)25(30)20-9-8-12-22(17-20)31-21-10-6-5-7-11-21;/h5-12,15-17H,13-14H2,1-4H3;1H. The van der Waals surface area contributed by atoms with Gasteiger partial charge >= 0.3 is 0 Å². The van der Waals surface area contributed by atoms with E-state index in [-0.39, 0.29) is 18.3 Å². The van der Waals surface area contributed by atoms with Gasteiger partial charge in [0, 0.05) is 18.7 Å². The third-order valence-electron chi connectivity index (χ3n) is 5.30. The molecular weight excluding hydrogens is 454 g/mol. The first kappa shape index (κ1) is 24.7. The molecule has 7 heteroatoms. The molecule has 0 saturated heterocycles. The maximum atomic E-state index is 13.6. The summed E-state index contributed by atoms with van der Waals surface area (Å²) < 4.78 is 7.02. The van der Waals surface area contributed by atoms with Crippen LogP contribution in [0, 0.1) is 13.8 Å². The summed E-state index contributed by atoms with van der Waals surface area (Å²) in [5, 5.41) is 0.714. The van der Waals surface area contributed by atoms with Gasteiger partial charge in [0.15, 0.2) is 5.13 Å². The first-order chi connectivity index (χ1) is 15.4. The molecule has 0 radical (unpaired) electrons. The number of aromatic nitrogens is 1. The number of ether oxygens (including phenoxy) is 1. The molecule has 0 fully saturated rings. The van der Waals surface area contributed by atoms with Crippen LogP contribution in [0.5, 0.6) is 11.5 Å². The van der Waals surface area contributed by atoms with Crippen molar-refractivity contribution in [3.05, 3.63) is 83.4 Å². The second-order valence-electron chi connectivity index (χ2n) is 8.10. The maximum Gasteiger partial charge on any atom is 0.260 e. The van der Waals surface area contributed by atoms with E-state index in [0.29, 0.717) is 23.0 Å². The quantitative estimate of drug-likeness (QED) is 0.309. The number of amides is 1. The summed E-state index contributed by atoms with van der Waals surface area (Å²) in [6.45, 7) is 5.47. The van der Waals surface area contributed by atoms with E-state index in [1.165, 1.54) is 11.1 Å². The zero-order valence-electron chi connectivity index (χ0n) is 19.2. The van der Waals surface area contributed by atoms with Gasteiger partial charge in [-0.3, -0.25) is 9.69 Å². The number of carbonyl (C=O) groups excluding carboxylic acids is 1. The number of aryl methyl sites for hydroxylation is 2. The van der Waals surface area contributed by atoms with E-state index < -0.39 is 0 Å². The number of thiazole rings is 1. The van der Waals surface area contributed by atoms with Gasteiger partial charge in [-0.2, -0.15) is 0 Å². The van der Waals surface area contributed by atoms with Crippen LogP contribution in [0.15, 0.2) is 66.7 Å². The lowest BCUT2D eigenvalue weighted by molar-refractivity contribution is 0.0985. The number of hydrogen-bond donors (Lipinski definition) is 0. The lowest BCUT2D eigenvalue weighted by Crippen LogP contribution is -2.36. The predicted octanol–water partition coefficient (Wildman–Crippen LogP) is 6.34. The number of likely N-dealkylation sites (N-methyl/N-ethyl adjacent to an activating group) is 1. The number of fused-ring (bicyclic) bond motifs is 1. The summed E-state index contributed by atoms with van der Waals surface area (Å²) >= 11 is 1.55. The van der Waals surface area contributed by atoms with Crippen molar-refractivity contribution >= 4 is 45.0 Å². The Bertz CT molecular complexity index is 1200. The number of hydrogen-bond acceptors (Lipinski definition) is 5. The van der Waals surface area contributed by atoms with E-state index in [0.717, 1.165) is 22.5 Å². The fourth-order valence-corrected chi connectivity index (χ4v) is 4.41. The Labute approximate surface area is 205 Å². The van der Waals surface area contributed by atoms with Crippen molar-refractivity contribution in [1.29, 1.82) is 0 Å². The van der Waals surface area contributed by atoms with Crippen molar-refractivity contribution in [2.75, 3.05) is 32.1 Å². The summed E-state index contributed by atoms with van der Waals surface area (Å²) in [7, 11) is 4.00. The SMILES string of the molecule is Cc1cc2nc(N(CCN(C)C)C(=O)c3cccc(Oc4ccccc4)c3)sc2cc1C.Cl. The summed E-state index contributed by atoms with van der Waals surface area (Å²) in [6, 6.07) is 21.1. The molecule has 0 spiro atoms. The number of anilines is 1. The summed E-state index contributed by atoms with van der Waals surface area (Å²) in [5.41, 5.74) is 3.93. The van der Waals surface area contributed by atoms with Crippen molar-refractivity contribution in [3.8, 4) is 11.5 Å². The zero-order chi connectivity index (χ0) is 22.7. The molecule has 0 aliphatic carbocycles. The highest BCUT2D eigenvalue weighted by atomic mass is 35.5. The molecule has 172 valence electrons. The minimum absolute atomic E-state index is 0. The summed E-state index contributed by atoms with van der Waals surface area (Å²) in [6.07, 6.45) is 0. The van der Waals surface area contributed by atoms with Crippen LogP contribution in [-0.2, 0) is 0 Å². The van der Waals surface area contributed by atoms with Crippen LogP contribution in [0.4, 0.5) is 5.13 Å². The van der Waals surface area contributed by atoms with Crippen molar-refractivity contribution in [1.82, 2.24) is 9.88 Å². The van der Waals surface area contributed by atoms with Crippen molar-refractivity contribution in [2.24, 2.45) is 0 Å². The van der Waals surface area contributed by atoms with Gasteiger partial charge in [0.2, 0.25) is 0 Å². The molecule has 0 aliphatic rings. The Morgan fingerprint density at radius 2 is 1.61 bits per heavy atom. The first-order valence-corrected chi connectivity index (χ1v) is 11.4. The minimum atomic E-state index is -0.0853. The lowest BCUT2D eigenvalue weighted by Gasteiger charge is -2.22. The van der Waals surface area contributed by atoms with Gasteiger partial charge in [-0.1, -0.05) is 35.6 Å². The fraction of sp³-hybridized carbons (Fsp3) is 0.231. The maximum absolute atomic E-state index is 13.6. The van der Waals surface area contributed by atoms with E-state index in [4.69, 9.17) is 9.72 Å². The van der Waals surface area contributed by atoms with Crippen LogP contribution in [0.2, 0.25) is 0 Å². The largest absolute Gasteiger partial charge is 0.457 e. The highest BCUT2D eigenvalue weighted by Gasteiger charge is 2.22. The topological polar surface area (TPSA) is 45.7 Å². The van der Waals surface area contributed by atoms with Crippen molar-refractivity contribution < 1.29 is 9.53 Å². The zero-order valence-corrected chi connectivity index (χ0v) is 20.9. The second kappa shape index (κ2) is 10.8. The molecule has 33 heavy (non-hydrogen) atoms. The van der Waals surface area contributed by atoms with Crippen LogP contribution in [0.25, 0.3) is 10.2 Å². The lowest BCUT2D eigenvalue weighted by atomic mass is 10.1. The molecule has 0 N–H and O–H groups in total. The van der Waals surface area contributed by atoms with Crippen LogP contribution >= 0.6 is 23.7 Å². The molecular formula is C26H28ClN3O2S. The van der Waals surface area contributed by atoms with Gasteiger partial charge in [-0.15, -0.1) is 12.4 Å². The molecule has 0 bridgehead atoms. The number of halogens is 1. The Morgan fingerprint density at radius 1 is 0.909 bits per heavy atom. The number of para-hydroxylation sites is 1. The molecule has 0 saturated carbocycles. The average molecular weight is 482 g/mol. The van der Waals surface area contributed by atoms with Gasteiger partial charge < -0.3 is 9.64 Å². The van der Waals surface area contributed by atoms with Gasteiger partial charge in [-0.25, -0.2) is 4.98 Å². The van der Waals surface area contributed by atoms with Crippen molar-refractivity contribution in [3.63, 3.8) is 0 Å². The molecule has 1 amide bonds. The van der Waals surface area contributed by atoms with Crippen LogP contribution in [-0.4, -0.2) is 43.0 Å². The molecule has 0 unspecified atom stereocenters. The molecule has 4 rings (SSSR count). The Morgan fingerprint density at radius 3 is 2.33 bits per heavy atom. The van der Waals surface area contributed by atoms with Crippen LogP contribution in [0.3, 0.4) is 0 Å². The molecule has 0 atom stereocenters. The van der Waals surface area contributed by atoms with Gasteiger partial charge in [0.1, 0.15) is 11.5 Å². The molecule has 4 aromatic rings. The normalized spacial score (nSPS) is 10.8. The minimum Gasteiger partial charge on any atom is -0.457 e. The third kappa shape index (κ3) is 5.90. The van der Waals surface area contributed by atoms with Gasteiger partial charge in [0.05, 0.1) is 10.2 Å². The molecule has 3 aromatic carbocycles. The van der Waals surface area contributed by atoms with E-state index in [9.17, 15) is 4.79 Å². The van der Waals surface area contributed by atoms with Gasteiger partial charge in [-0.05, 0) is 81.5 Å². The van der Waals surface area contributed by atoms with Crippen LogP contribution < -0.4 is 9.64 Å². The first-order valence-electron chi connectivity index (χ1n) is 10.6. The van der Waals surface area contributed by atoms with E-state index in [1.54, 1.807) is 22.3 Å². The summed E-state index contributed by atoms with van der Waals surface area (Å²) in [4.78, 5) is 22.2. The van der Waals surface area contributed by atoms with E-state index in [2.05, 4.69) is 30.9 Å². The molecule has 5 nitrogen and oxygen atoms in total. The van der Waals surface area contributed by atoms with Gasteiger partial charge in [0.25, 0.3) is 5.91 Å². The Kier molecular flexibility index (Phi) is 8.08. The summed E-state index contributed by atoms with van der Waals surface area (Å²) in [5.74, 6) is 1.28. The monoisotopic (exact) mass is 481 g/mol. The predicted molar refractivity (Wildman–Crippen MR) is 140 cm³/mol. The fourth-order valence-electron chi connectivity index (χ4n) is 3.34. The third-order valence-corrected chi connectivity index (χ3v) is 6.34. The highest BCUT2D eigenvalue weighted by molar-refractivity contribution is 7.22. The Balaban J connectivity index is 0.00000306. The average Bonchev–Trinajstić information content (AvgIpc) is 3.17. The number of rotatable bonds is 7. The molecule has 1 aromatic heterocycles. The molecule has 0 aliphatic heterocycles. The number of carbonyl (C=O) groups is 1. The number of benzene rings is 3.